The first kappa shape index (κ1) is 15.3. The number of rotatable bonds is 3. The second-order valence-corrected chi connectivity index (χ2v) is 5.75. The van der Waals surface area contributed by atoms with E-state index in [4.69, 9.17) is 0 Å². The van der Waals surface area contributed by atoms with Gasteiger partial charge >= 0.3 is 0 Å². The van der Waals surface area contributed by atoms with Crippen molar-refractivity contribution in [2.24, 2.45) is 0 Å². The van der Waals surface area contributed by atoms with Crippen molar-refractivity contribution in [3.63, 3.8) is 0 Å². The number of amides is 1. The molecule has 2 unspecified atom stereocenters. The van der Waals surface area contributed by atoms with Gasteiger partial charge in [0.2, 0.25) is 5.91 Å². The van der Waals surface area contributed by atoms with Crippen LogP contribution in [0.3, 0.4) is 0 Å². The summed E-state index contributed by atoms with van der Waals surface area (Å²) in [6.45, 7) is 1.84. The first-order chi connectivity index (χ1) is 9.31. The zero-order valence-electron chi connectivity index (χ0n) is 11.8. The van der Waals surface area contributed by atoms with Crippen molar-refractivity contribution in [2.75, 3.05) is 13.1 Å². The third-order valence-electron chi connectivity index (χ3n) is 4.35. The van der Waals surface area contributed by atoms with Gasteiger partial charge in [0.05, 0.1) is 0 Å². The van der Waals surface area contributed by atoms with E-state index >= 15 is 0 Å². The number of aryl methyl sites for hydroxylation is 1. The molecule has 0 aromatic heterocycles. The minimum absolute atomic E-state index is 0. The largest absolute Gasteiger partial charge is 0.341 e. The van der Waals surface area contributed by atoms with Crippen molar-refractivity contribution in [3.05, 3.63) is 35.9 Å². The van der Waals surface area contributed by atoms with Crippen molar-refractivity contribution in [2.45, 2.75) is 44.2 Å². The van der Waals surface area contributed by atoms with Gasteiger partial charge in [-0.25, -0.2) is 0 Å². The summed E-state index contributed by atoms with van der Waals surface area (Å²) in [7, 11) is 0. The third-order valence-corrected chi connectivity index (χ3v) is 4.35. The van der Waals surface area contributed by atoms with Crippen LogP contribution in [0.25, 0.3) is 0 Å². The number of halogens is 1. The van der Waals surface area contributed by atoms with E-state index in [2.05, 4.69) is 22.3 Å². The van der Waals surface area contributed by atoms with E-state index in [9.17, 15) is 4.79 Å². The highest BCUT2D eigenvalue weighted by molar-refractivity contribution is 5.85. The molecule has 0 spiro atoms. The zero-order valence-corrected chi connectivity index (χ0v) is 12.6. The molecule has 2 bridgehead atoms. The minimum Gasteiger partial charge on any atom is -0.341 e. The highest BCUT2D eigenvalue weighted by Gasteiger charge is 2.30. The Bertz CT molecular complexity index is 437. The van der Waals surface area contributed by atoms with Crippen LogP contribution in [0.15, 0.2) is 30.3 Å². The molecule has 0 radical (unpaired) electrons. The monoisotopic (exact) mass is 294 g/mol. The van der Waals surface area contributed by atoms with Gasteiger partial charge in [0, 0.05) is 31.6 Å². The lowest BCUT2D eigenvalue weighted by Gasteiger charge is -2.24. The molecule has 110 valence electrons. The van der Waals surface area contributed by atoms with Crippen molar-refractivity contribution < 1.29 is 4.79 Å². The molecule has 2 saturated heterocycles. The molecule has 1 amide bonds. The number of carbonyl (C=O) groups is 1. The summed E-state index contributed by atoms with van der Waals surface area (Å²) in [5.41, 5.74) is 1.25. The summed E-state index contributed by atoms with van der Waals surface area (Å²) in [6, 6.07) is 11.5. The molecule has 3 rings (SSSR count). The predicted octanol–water partition coefficient (Wildman–Crippen LogP) is 2.39. The lowest BCUT2D eigenvalue weighted by molar-refractivity contribution is -0.131. The van der Waals surface area contributed by atoms with Crippen LogP contribution in [-0.2, 0) is 11.2 Å². The summed E-state index contributed by atoms with van der Waals surface area (Å²) >= 11 is 0. The van der Waals surface area contributed by atoms with Crippen LogP contribution in [0.5, 0.6) is 0 Å². The van der Waals surface area contributed by atoms with Crippen LogP contribution in [0.2, 0.25) is 0 Å². The fraction of sp³-hybridized carbons (Fsp3) is 0.562. The van der Waals surface area contributed by atoms with E-state index < -0.39 is 0 Å². The molecule has 1 N–H and O–H groups in total. The number of carbonyl (C=O) groups excluding carboxylic acids is 1. The number of benzene rings is 1. The molecule has 0 saturated carbocycles. The van der Waals surface area contributed by atoms with Gasteiger partial charge in [-0.2, -0.15) is 0 Å². The fourth-order valence-corrected chi connectivity index (χ4v) is 3.22. The Morgan fingerprint density at radius 2 is 1.90 bits per heavy atom. The van der Waals surface area contributed by atoms with Crippen molar-refractivity contribution in [1.29, 1.82) is 0 Å². The third kappa shape index (κ3) is 3.74. The molecule has 1 aromatic carbocycles. The molecule has 2 atom stereocenters. The first-order valence-electron chi connectivity index (χ1n) is 7.39. The molecule has 0 aliphatic carbocycles. The van der Waals surface area contributed by atoms with Crippen molar-refractivity contribution in [1.82, 2.24) is 10.2 Å². The summed E-state index contributed by atoms with van der Waals surface area (Å²) in [5.74, 6) is 0.318. The van der Waals surface area contributed by atoms with Gasteiger partial charge in [0.15, 0.2) is 0 Å². The van der Waals surface area contributed by atoms with Crippen LogP contribution >= 0.6 is 12.4 Å². The predicted molar refractivity (Wildman–Crippen MR) is 83.2 cm³/mol. The number of fused-ring (bicyclic) bond motifs is 2. The van der Waals surface area contributed by atoms with E-state index in [0.29, 0.717) is 24.4 Å². The van der Waals surface area contributed by atoms with Gasteiger partial charge in [0.25, 0.3) is 0 Å². The Labute approximate surface area is 127 Å². The lowest BCUT2D eigenvalue weighted by atomic mass is 10.1. The number of nitrogens with zero attached hydrogens (tertiary/aromatic N) is 1. The number of hydrogen-bond acceptors (Lipinski definition) is 2. The van der Waals surface area contributed by atoms with Gasteiger partial charge < -0.3 is 10.2 Å². The van der Waals surface area contributed by atoms with E-state index in [0.717, 1.165) is 25.9 Å². The molecule has 3 nitrogen and oxygen atoms in total. The quantitative estimate of drug-likeness (QED) is 0.928. The smallest absolute Gasteiger partial charge is 0.222 e. The average Bonchev–Trinajstić information content (AvgIpc) is 2.77. The molecule has 4 heteroatoms. The average molecular weight is 295 g/mol. The Morgan fingerprint density at radius 1 is 1.15 bits per heavy atom. The van der Waals surface area contributed by atoms with Gasteiger partial charge in [-0.1, -0.05) is 30.3 Å². The standard InChI is InChI=1S/C16H22N2O.ClH/c19-16(9-6-13-4-2-1-3-5-13)18-11-10-14-7-8-15(12-18)17-14;/h1-5,14-15,17H,6-12H2;1H. The van der Waals surface area contributed by atoms with E-state index in [1.165, 1.54) is 18.4 Å². The fourth-order valence-electron chi connectivity index (χ4n) is 3.22. The van der Waals surface area contributed by atoms with Gasteiger partial charge in [-0.15, -0.1) is 12.4 Å². The molecule has 2 aliphatic rings. The van der Waals surface area contributed by atoms with Gasteiger partial charge in [0.1, 0.15) is 0 Å². The van der Waals surface area contributed by atoms with Crippen LogP contribution < -0.4 is 5.32 Å². The lowest BCUT2D eigenvalue weighted by Crippen LogP contribution is -2.39. The molecule has 20 heavy (non-hydrogen) atoms. The summed E-state index contributed by atoms with van der Waals surface area (Å²) in [5, 5.41) is 3.62. The van der Waals surface area contributed by atoms with E-state index in [1.807, 2.05) is 18.2 Å². The highest BCUT2D eigenvalue weighted by atomic mass is 35.5. The molecular weight excluding hydrogens is 272 g/mol. The molecular formula is C16H23ClN2O. The van der Waals surface area contributed by atoms with E-state index in [1.54, 1.807) is 0 Å². The molecule has 1 aromatic rings. The van der Waals surface area contributed by atoms with Crippen LogP contribution in [0.1, 0.15) is 31.2 Å². The Kier molecular flexibility index (Phi) is 5.44. The second kappa shape index (κ2) is 7.09. The zero-order chi connectivity index (χ0) is 13.1. The maximum absolute atomic E-state index is 12.3. The maximum atomic E-state index is 12.3. The molecule has 2 fully saturated rings. The minimum atomic E-state index is 0. The highest BCUT2D eigenvalue weighted by Crippen LogP contribution is 2.21. The summed E-state index contributed by atoms with van der Waals surface area (Å²) in [4.78, 5) is 14.4. The normalized spacial score (nSPS) is 24.9. The Balaban J connectivity index is 0.00000147. The Morgan fingerprint density at radius 3 is 2.70 bits per heavy atom. The van der Waals surface area contributed by atoms with Crippen molar-refractivity contribution >= 4 is 18.3 Å². The van der Waals surface area contributed by atoms with Crippen LogP contribution in [0, 0.1) is 0 Å². The summed E-state index contributed by atoms with van der Waals surface area (Å²) in [6.07, 6.45) is 5.14. The molecule has 2 heterocycles. The van der Waals surface area contributed by atoms with Crippen LogP contribution in [0.4, 0.5) is 0 Å². The van der Waals surface area contributed by atoms with Gasteiger partial charge in [-0.05, 0) is 31.2 Å². The van der Waals surface area contributed by atoms with Gasteiger partial charge in [-0.3, -0.25) is 4.79 Å². The van der Waals surface area contributed by atoms with E-state index in [-0.39, 0.29) is 12.4 Å². The second-order valence-electron chi connectivity index (χ2n) is 5.75. The summed E-state index contributed by atoms with van der Waals surface area (Å²) < 4.78 is 0. The first-order valence-corrected chi connectivity index (χ1v) is 7.39. The van der Waals surface area contributed by atoms with Crippen molar-refractivity contribution in [3.8, 4) is 0 Å². The molecule has 2 aliphatic heterocycles. The Hall–Kier alpha value is -1.06. The topological polar surface area (TPSA) is 32.3 Å². The van der Waals surface area contributed by atoms with Crippen LogP contribution in [-0.4, -0.2) is 36.0 Å². The maximum Gasteiger partial charge on any atom is 0.222 e. The number of likely N-dealkylation sites (tertiary alicyclic amines) is 1. The SMILES string of the molecule is Cl.O=C(CCc1ccccc1)N1CCC2CCC(C1)N2. The number of nitrogens with one attached hydrogen (secondary N) is 1. The number of hydrogen-bond donors (Lipinski definition) is 1.